The minimum atomic E-state index is -0.263. The summed E-state index contributed by atoms with van der Waals surface area (Å²) in [7, 11) is 0. The number of hydrogen-bond donors (Lipinski definition) is 1. The van der Waals surface area contributed by atoms with Crippen molar-refractivity contribution < 1.29 is 9.59 Å². The molecule has 2 aromatic heterocycles. The van der Waals surface area contributed by atoms with E-state index in [4.69, 9.17) is 5.26 Å². The minimum absolute atomic E-state index is 0.0124. The van der Waals surface area contributed by atoms with E-state index in [1.807, 2.05) is 12.1 Å². The second kappa shape index (κ2) is 7.03. The van der Waals surface area contributed by atoms with Gasteiger partial charge in [-0.15, -0.1) is 5.10 Å². The highest BCUT2D eigenvalue weighted by atomic mass is 16.2. The molecule has 26 heavy (non-hydrogen) atoms. The monoisotopic (exact) mass is 348 g/mol. The van der Waals surface area contributed by atoms with Crippen molar-refractivity contribution in [3.8, 4) is 6.07 Å². The second-order valence-corrected chi connectivity index (χ2v) is 5.73. The van der Waals surface area contributed by atoms with E-state index in [0.29, 0.717) is 16.8 Å². The molecule has 3 aromatic rings. The molecule has 0 atom stereocenters. The highest BCUT2D eigenvalue weighted by Gasteiger charge is 2.18. The topological polar surface area (TPSA) is 106 Å². The average Bonchev–Trinajstić information content (AvgIpc) is 3.21. The summed E-state index contributed by atoms with van der Waals surface area (Å²) >= 11 is 0. The average molecular weight is 348 g/mol. The van der Waals surface area contributed by atoms with E-state index in [9.17, 15) is 9.59 Å². The Bertz CT molecular complexity index is 1010. The number of aryl methyl sites for hydroxylation is 1. The van der Waals surface area contributed by atoms with Gasteiger partial charge in [-0.2, -0.15) is 5.26 Å². The summed E-state index contributed by atoms with van der Waals surface area (Å²) in [6, 6.07) is 12.4. The molecule has 0 saturated heterocycles. The van der Waals surface area contributed by atoms with Crippen LogP contribution in [-0.4, -0.2) is 31.1 Å². The number of amides is 1. The van der Waals surface area contributed by atoms with Gasteiger partial charge in [0, 0.05) is 22.5 Å². The van der Waals surface area contributed by atoms with Crippen molar-refractivity contribution in [2.24, 2.45) is 0 Å². The van der Waals surface area contributed by atoms with E-state index in [0.717, 1.165) is 5.69 Å². The van der Waals surface area contributed by atoms with E-state index in [1.165, 1.54) is 11.0 Å². The molecule has 2 heterocycles. The fourth-order valence-electron chi connectivity index (χ4n) is 2.63. The maximum Gasteiger partial charge on any atom is 0.270 e. The third kappa shape index (κ3) is 3.37. The predicted octanol–water partition coefficient (Wildman–Crippen LogP) is 1.83. The van der Waals surface area contributed by atoms with Crippen molar-refractivity contribution in [1.82, 2.24) is 19.4 Å². The third-order valence-electron chi connectivity index (χ3n) is 3.92. The number of carbonyl (C=O) groups is 2. The summed E-state index contributed by atoms with van der Waals surface area (Å²) in [5.41, 5.74) is 5.15. The van der Waals surface area contributed by atoms with Crippen LogP contribution in [0, 0.1) is 25.2 Å². The molecule has 0 aliphatic rings. The van der Waals surface area contributed by atoms with Gasteiger partial charge in [0.1, 0.15) is 18.9 Å². The van der Waals surface area contributed by atoms with Crippen LogP contribution in [0.25, 0.3) is 0 Å². The molecule has 0 aliphatic heterocycles. The molecule has 1 aromatic carbocycles. The fourth-order valence-corrected chi connectivity index (χ4v) is 2.63. The molecule has 130 valence electrons. The molecule has 0 radical (unpaired) electrons. The van der Waals surface area contributed by atoms with Gasteiger partial charge in [-0.1, -0.05) is 18.2 Å². The van der Waals surface area contributed by atoms with Gasteiger partial charge in [0.15, 0.2) is 5.78 Å². The Morgan fingerprint density at radius 1 is 1.23 bits per heavy atom. The van der Waals surface area contributed by atoms with Gasteiger partial charge < -0.3 is 0 Å². The van der Waals surface area contributed by atoms with Crippen molar-refractivity contribution >= 4 is 11.7 Å². The molecule has 8 nitrogen and oxygen atoms in total. The summed E-state index contributed by atoms with van der Waals surface area (Å²) in [4.78, 5) is 28.7. The largest absolute Gasteiger partial charge is 0.292 e. The zero-order valence-electron chi connectivity index (χ0n) is 14.3. The SMILES string of the molecule is Cc1cc(C(=O)Cn2cnc(C#N)n2)c(C)n1NC(=O)c1ccccc1. The lowest BCUT2D eigenvalue weighted by Crippen LogP contribution is -2.25. The summed E-state index contributed by atoms with van der Waals surface area (Å²) in [5.74, 6) is -0.438. The lowest BCUT2D eigenvalue weighted by atomic mass is 10.1. The van der Waals surface area contributed by atoms with Crippen LogP contribution in [0.1, 0.15) is 37.9 Å². The number of hydrogen-bond acceptors (Lipinski definition) is 5. The Morgan fingerprint density at radius 3 is 2.62 bits per heavy atom. The second-order valence-electron chi connectivity index (χ2n) is 5.73. The standard InChI is InChI=1S/C18H16N6O2/c1-12-8-15(16(25)10-23-11-20-17(9-19)21-23)13(2)24(12)22-18(26)14-6-4-3-5-7-14/h3-8,11H,10H2,1-2H3,(H,22,26). The van der Waals surface area contributed by atoms with Gasteiger partial charge >= 0.3 is 0 Å². The molecule has 0 bridgehead atoms. The maximum absolute atomic E-state index is 12.6. The third-order valence-corrected chi connectivity index (χ3v) is 3.92. The van der Waals surface area contributed by atoms with Crippen LogP contribution in [0.3, 0.4) is 0 Å². The number of carbonyl (C=O) groups excluding carboxylic acids is 2. The van der Waals surface area contributed by atoms with Gasteiger partial charge in [0.25, 0.3) is 11.7 Å². The Labute approximate surface area is 149 Å². The van der Waals surface area contributed by atoms with E-state index in [1.54, 1.807) is 48.9 Å². The minimum Gasteiger partial charge on any atom is -0.292 e. The van der Waals surface area contributed by atoms with Crippen LogP contribution in [-0.2, 0) is 6.54 Å². The smallest absolute Gasteiger partial charge is 0.270 e. The van der Waals surface area contributed by atoms with Crippen molar-refractivity contribution in [1.29, 1.82) is 5.26 Å². The first-order chi connectivity index (χ1) is 12.5. The number of ketones is 1. The van der Waals surface area contributed by atoms with Crippen molar-refractivity contribution in [2.75, 3.05) is 5.43 Å². The molecule has 8 heteroatoms. The van der Waals surface area contributed by atoms with Crippen LogP contribution in [0.4, 0.5) is 0 Å². The van der Waals surface area contributed by atoms with E-state index >= 15 is 0 Å². The summed E-state index contributed by atoms with van der Waals surface area (Å²) in [6.07, 6.45) is 1.34. The van der Waals surface area contributed by atoms with Gasteiger partial charge in [-0.25, -0.2) is 9.67 Å². The van der Waals surface area contributed by atoms with Crippen LogP contribution < -0.4 is 5.43 Å². The number of Topliss-reactive ketones (excluding diaryl/α,β-unsaturated/α-hetero) is 1. The Hall–Kier alpha value is -3.73. The molecule has 1 N–H and O–H groups in total. The van der Waals surface area contributed by atoms with Crippen LogP contribution in [0.5, 0.6) is 0 Å². The zero-order valence-corrected chi connectivity index (χ0v) is 14.3. The Kier molecular flexibility index (Phi) is 4.62. The van der Waals surface area contributed by atoms with Crippen molar-refractivity contribution in [3.63, 3.8) is 0 Å². The maximum atomic E-state index is 12.6. The number of nitriles is 1. The van der Waals surface area contributed by atoms with E-state index in [2.05, 4.69) is 15.5 Å². The first-order valence-corrected chi connectivity index (χ1v) is 7.87. The first kappa shape index (κ1) is 17.1. The summed E-state index contributed by atoms with van der Waals surface area (Å²) in [6.45, 7) is 3.53. The summed E-state index contributed by atoms with van der Waals surface area (Å²) < 4.78 is 2.90. The molecular weight excluding hydrogens is 332 g/mol. The lowest BCUT2D eigenvalue weighted by molar-refractivity contribution is 0.0963. The highest BCUT2D eigenvalue weighted by Crippen LogP contribution is 2.15. The van der Waals surface area contributed by atoms with E-state index in [-0.39, 0.29) is 24.1 Å². The van der Waals surface area contributed by atoms with Crippen molar-refractivity contribution in [3.05, 3.63) is 71.1 Å². The number of nitrogens with one attached hydrogen (secondary N) is 1. The van der Waals surface area contributed by atoms with E-state index < -0.39 is 0 Å². The quantitative estimate of drug-likeness (QED) is 0.708. The number of aromatic nitrogens is 4. The molecule has 0 fully saturated rings. The number of benzene rings is 1. The molecule has 0 unspecified atom stereocenters. The Morgan fingerprint density at radius 2 is 1.96 bits per heavy atom. The zero-order chi connectivity index (χ0) is 18.7. The van der Waals surface area contributed by atoms with Crippen LogP contribution in [0.15, 0.2) is 42.7 Å². The molecule has 3 rings (SSSR count). The lowest BCUT2D eigenvalue weighted by Gasteiger charge is -2.11. The van der Waals surface area contributed by atoms with Gasteiger partial charge in [0.2, 0.25) is 0 Å². The highest BCUT2D eigenvalue weighted by molar-refractivity contribution is 6.01. The molecule has 0 saturated carbocycles. The normalized spacial score (nSPS) is 10.3. The molecule has 1 amide bonds. The van der Waals surface area contributed by atoms with Crippen molar-refractivity contribution in [2.45, 2.75) is 20.4 Å². The molecule has 0 aliphatic carbocycles. The predicted molar refractivity (Wildman–Crippen MR) is 93.1 cm³/mol. The van der Waals surface area contributed by atoms with Crippen LogP contribution >= 0.6 is 0 Å². The van der Waals surface area contributed by atoms with Crippen LogP contribution in [0.2, 0.25) is 0 Å². The first-order valence-electron chi connectivity index (χ1n) is 7.87. The molecule has 0 spiro atoms. The molecular formula is C18H16N6O2. The van der Waals surface area contributed by atoms with Gasteiger partial charge in [-0.05, 0) is 32.0 Å². The number of rotatable bonds is 5. The fraction of sp³-hybridized carbons (Fsp3) is 0.167. The van der Waals surface area contributed by atoms with Gasteiger partial charge in [0.05, 0.1) is 0 Å². The number of nitrogens with zero attached hydrogens (tertiary/aromatic N) is 5. The Balaban J connectivity index is 1.80. The summed E-state index contributed by atoms with van der Waals surface area (Å²) in [5, 5.41) is 12.6. The van der Waals surface area contributed by atoms with Gasteiger partial charge in [-0.3, -0.25) is 19.7 Å².